The number of anilines is 1. The summed E-state index contributed by atoms with van der Waals surface area (Å²) >= 11 is 5.21. The number of benzene rings is 2. The molecule has 28 heavy (non-hydrogen) atoms. The number of aliphatic hydroxyl groups excluding tert-OH is 1. The average molecular weight is 392 g/mol. The van der Waals surface area contributed by atoms with Gasteiger partial charge in [0, 0.05) is 17.3 Å². The molecule has 0 saturated heterocycles. The Morgan fingerprint density at radius 1 is 1.14 bits per heavy atom. The number of carbonyl (C=O) groups excluding carboxylic acids is 1. The number of furan rings is 1. The third kappa shape index (κ3) is 5.16. The number of aryl methyl sites for hydroxylation is 1. The van der Waals surface area contributed by atoms with E-state index in [4.69, 9.17) is 21.7 Å². The Labute approximate surface area is 168 Å². The van der Waals surface area contributed by atoms with Gasteiger partial charge in [-0.15, -0.1) is 0 Å². The number of rotatable bonds is 5. The highest BCUT2D eigenvalue weighted by atomic mass is 32.1. The van der Waals surface area contributed by atoms with Gasteiger partial charge in [-0.25, -0.2) is 0 Å². The average Bonchev–Trinajstić information content (AvgIpc) is 3.16. The first kappa shape index (κ1) is 19.5. The lowest BCUT2D eigenvalue weighted by molar-refractivity contribution is -0.115. The molecule has 1 amide bonds. The zero-order valence-electron chi connectivity index (χ0n) is 15.3. The fourth-order valence-corrected chi connectivity index (χ4v) is 2.90. The molecular weight excluding hydrogens is 372 g/mol. The molecule has 1 aromatic heterocycles. The van der Waals surface area contributed by atoms with Gasteiger partial charge in [-0.1, -0.05) is 30.3 Å². The second-order valence-electron chi connectivity index (χ2n) is 6.14. The molecule has 1 heterocycles. The minimum Gasteiger partial charge on any atom is -0.459 e. The molecule has 5 nitrogen and oxygen atoms in total. The van der Waals surface area contributed by atoms with Crippen LogP contribution in [0.4, 0.5) is 5.69 Å². The van der Waals surface area contributed by atoms with Crippen molar-refractivity contribution in [2.75, 3.05) is 5.32 Å². The van der Waals surface area contributed by atoms with E-state index in [1.807, 2.05) is 61.5 Å². The van der Waals surface area contributed by atoms with E-state index in [0.717, 1.165) is 22.4 Å². The molecule has 3 aromatic rings. The molecule has 3 rings (SSSR count). The van der Waals surface area contributed by atoms with Crippen LogP contribution < -0.4 is 10.6 Å². The summed E-state index contributed by atoms with van der Waals surface area (Å²) in [6.45, 7) is 1.82. The first-order chi connectivity index (χ1) is 13.5. The van der Waals surface area contributed by atoms with Crippen molar-refractivity contribution < 1.29 is 14.3 Å². The van der Waals surface area contributed by atoms with Crippen molar-refractivity contribution in [3.05, 3.63) is 83.6 Å². The third-order valence-electron chi connectivity index (χ3n) is 4.03. The zero-order chi connectivity index (χ0) is 19.9. The SMILES string of the molecule is Cc1cc(NC(=S)NC(=O)/C=C/c2ccccc2)ccc1-c1ccc(CO)o1. The Bertz CT molecular complexity index is 1010. The van der Waals surface area contributed by atoms with Crippen molar-refractivity contribution in [1.29, 1.82) is 0 Å². The quantitative estimate of drug-likeness (QED) is 0.447. The summed E-state index contributed by atoms with van der Waals surface area (Å²) in [5.41, 5.74) is 3.59. The van der Waals surface area contributed by atoms with Gasteiger partial charge in [0.05, 0.1) is 0 Å². The number of amides is 1. The second-order valence-corrected chi connectivity index (χ2v) is 6.55. The second kappa shape index (κ2) is 9.12. The van der Waals surface area contributed by atoms with Crippen molar-refractivity contribution in [1.82, 2.24) is 5.32 Å². The minimum absolute atomic E-state index is 0.134. The molecule has 0 unspecified atom stereocenters. The molecule has 0 bridgehead atoms. The Balaban J connectivity index is 1.60. The van der Waals surface area contributed by atoms with Gasteiger partial charge in [0.15, 0.2) is 5.11 Å². The van der Waals surface area contributed by atoms with Crippen molar-refractivity contribution in [2.24, 2.45) is 0 Å². The maximum Gasteiger partial charge on any atom is 0.250 e. The van der Waals surface area contributed by atoms with E-state index in [1.165, 1.54) is 6.08 Å². The van der Waals surface area contributed by atoms with Crippen LogP contribution >= 0.6 is 12.2 Å². The number of hydrogen-bond acceptors (Lipinski definition) is 4. The minimum atomic E-state index is -0.304. The zero-order valence-corrected chi connectivity index (χ0v) is 16.1. The molecule has 0 aliphatic carbocycles. The fraction of sp³-hybridized carbons (Fsp3) is 0.0909. The predicted octanol–water partition coefficient (Wildman–Crippen LogP) is 4.27. The van der Waals surface area contributed by atoms with Crippen LogP contribution in [-0.2, 0) is 11.4 Å². The molecule has 142 valence electrons. The highest BCUT2D eigenvalue weighted by Gasteiger charge is 2.09. The van der Waals surface area contributed by atoms with E-state index >= 15 is 0 Å². The summed E-state index contributed by atoms with van der Waals surface area (Å²) < 4.78 is 5.58. The molecule has 0 aliphatic rings. The number of aliphatic hydroxyl groups is 1. The van der Waals surface area contributed by atoms with Gasteiger partial charge in [-0.05, 0) is 66.7 Å². The van der Waals surface area contributed by atoms with Crippen LogP contribution in [0.25, 0.3) is 17.4 Å². The monoisotopic (exact) mass is 392 g/mol. The molecule has 6 heteroatoms. The lowest BCUT2D eigenvalue weighted by Crippen LogP contribution is -2.32. The summed E-state index contributed by atoms with van der Waals surface area (Å²) in [6.07, 6.45) is 3.16. The molecule has 0 atom stereocenters. The fourth-order valence-electron chi connectivity index (χ4n) is 2.68. The molecule has 0 saturated carbocycles. The Kier molecular flexibility index (Phi) is 6.37. The van der Waals surface area contributed by atoms with E-state index in [0.29, 0.717) is 11.5 Å². The lowest BCUT2D eigenvalue weighted by atomic mass is 10.1. The smallest absolute Gasteiger partial charge is 0.250 e. The molecule has 0 radical (unpaired) electrons. The molecule has 2 aromatic carbocycles. The largest absolute Gasteiger partial charge is 0.459 e. The van der Waals surface area contributed by atoms with Crippen molar-refractivity contribution in [3.63, 3.8) is 0 Å². The van der Waals surface area contributed by atoms with Crippen molar-refractivity contribution in [2.45, 2.75) is 13.5 Å². The van der Waals surface area contributed by atoms with Gasteiger partial charge >= 0.3 is 0 Å². The van der Waals surface area contributed by atoms with E-state index in [2.05, 4.69) is 10.6 Å². The third-order valence-corrected chi connectivity index (χ3v) is 4.23. The summed E-state index contributed by atoms with van der Waals surface area (Å²) in [5, 5.41) is 15.0. The highest BCUT2D eigenvalue weighted by molar-refractivity contribution is 7.80. The van der Waals surface area contributed by atoms with Crippen LogP contribution in [0, 0.1) is 6.92 Å². The summed E-state index contributed by atoms with van der Waals surface area (Å²) in [4.78, 5) is 12.0. The molecule has 0 aliphatic heterocycles. The van der Waals surface area contributed by atoms with Gasteiger partial charge in [0.2, 0.25) is 5.91 Å². The topological polar surface area (TPSA) is 74.5 Å². The van der Waals surface area contributed by atoms with E-state index in [9.17, 15) is 4.79 Å². The van der Waals surface area contributed by atoms with Gasteiger partial charge < -0.3 is 14.8 Å². The standard InChI is InChI=1S/C22H20N2O3S/c1-15-13-17(8-10-19(15)20-11-9-18(14-25)27-20)23-22(28)24-21(26)12-7-16-5-3-2-4-6-16/h2-13,25H,14H2,1H3,(H2,23,24,26,28)/b12-7+. The van der Waals surface area contributed by atoms with Crippen molar-refractivity contribution in [3.8, 4) is 11.3 Å². The summed E-state index contributed by atoms with van der Waals surface area (Å²) in [5.74, 6) is 0.904. The van der Waals surface area contributed by atoms with E-state index < -0.39 is 0 Å². The number of carbonyl (C=O) groups is 1. The normalized spacial score (nSPS) is 10.8. The Morgan fingerprint density at radius 2 is 1.93 bits per heavy atom. The van der Waals surface area contributed by atoms with Gasteiger partial charge in [-0.2, -0.15) is 0 Å². The van der Waals surface area contributed by atoms with Crippen LogP contribution in [0.15, 0.2) is 71.2 Å². The lowest BCUT2D eigenvalue weighted by Gasteiger charge is -2.10. The first-order valence-electron chi connectivity index (χ1n) is 8.71. The maximum atomic E-state index is 12.0. The number of hydrogen-bond donors (Lipinski definition) is 3. The summed E-state index contributed by atoms with van der Waals surface area (Å²) in [6, 6.07) is 18.8. The van der Waals surface area contributed by atoms with Gasteiger partial charge in [0.1, 0.15) is 18.1 Å². The van der Waals surface area contributed by atoms with Crippen LogP contribution in [0.5, 0.6) is 0 Å². The number of nitrogens with one attached hydrogen (secondary N) is 2. The van der Waals surface area contributed by atoms with Crippen LogP contribution in [0.2, 0.25) is 0 Å². The Hall–Kier alpha value is -3.22. The number of thiocarbonyl (C=S) groups is 1. The van der Waals surface area contributed by atoms with Crippen LogP contribution in [0.3, 0.4) is 0 Å². The van der Waals surface area contributed by atoms with Crippen LogP contribution in [-0.4, -0.2) is 16.1 Å². The maximum absolute atomic E-state index is 12.0. The predicted molar refractivity (Wildman–Crippen MR) is 115 cm³/mol. The van der Waals surface area contributed by atoms with E-state index in [1.54, 1.807) is 12.1 Å². The van der Waals surface area contributed by atoms with Gasteiger partial charge in [0.25, 0.3) is 0 Å². The Morgan fingerprint density at radius 3 is 2.61 bits per heavy atom. The molecule has 0 spiro atoms. The highest BCUT2D eigenvalue weighted by Crippen LogP contribution is 2.27. The summed E-state index contributed by atoms with van der Waals surface area (Å²) in [7, 11) is 0. The van der Waals surface area contributed by atoms with E-state index in [-0.39, 0.29) is 17.6 Å². The molecule has 0 fully saturated rings. The first-order valence-corrected chi connectivity index (χ1v) is 9.11. The molecular formula is C22H20N2O3S. The van der Waals surface area contributed by atoms with Crippen LogP contribution in [0.1, 0.15) is 16.9 Å². The molecule has 3 N–H and O–H groups in total. The van der Waals surface area contributed by atoms with Crippen molar-refractivity contribution >= 4 is 35.0 Å². The van der Waals surface area contributed by atoms with Gasteiger partial charge in [-0.3, -0.25) is 10.1 Å².